The molecule has 8 nitrogen and oxygen atoms in total. The van der Waals surface area contributed by atoms with E-state index in [4.69, 9.17) is 0 Å². The maximum atomic E-state index is 12.3. The monoisotopic (exact) mass is 353 g/mol. The van der Waals surface area contributed by atoms with Crippen LogP contribution in [0.2, 0.25) is 0 Å². The Morgan fingerprint density at radius 2 is 1.92 bits per heavy atom. The summed E-state index contributed by atoms with van der Waals surface area (Å²) in [5, 5.41) is 7.06. The Labute approximate surface area is 152 Å². The summed E-state index contributed by atoms with van der Waals surface area (Å²) in [5.41, 5.74) is 3.22. The number of amides is 1. The third-order valence-corrected chi connectivity index (χ3v) is 4.12. The van der Waals surface area contributed by atoms with E-state index in [1.807, 2.05) is 56.0 Å². The number of aryl methyl sites for hydroxylation is 2. The van der Waals surface area contributed by atoms with E-state index in [2.05, 4.69) is 20.4 Å². The number of aromatic nitrogens is 5. The van der Waals surface area contributed by atoms with Crippen LogP contribution in [-0.2, 0) is 14.1 Å². The summed E-state index contributed by atoms with van der Waals surface area (Å²) in [5.74, 6) is 0.527. The largest absolute Gasteiger partial charge is 0.349 e. The predicted octanol–water partition coefficient (Wildman–Crippen LogP) is 1.17. The molecule has 26 heavy (non-hydrogen) atoms. The van der Waals surface area contributed by atoms with Gasteiger partial charge >= 0.3 is 0 Å². The van der Waals surface area contributed by atoms with E-state index in [-0.39, 0.29) is 5.91 Å². The maximum absolute atomic E-state index is 12.3. The second-order valence-corrected chi connectivity index (χ2v) is 6.42. The van der Waals surface area contributed by atoms with Crippen LogP contribution in [0.5, 0.6) is 0 Å². The second-order valence-electron chi connectivity index (χ2n) is 6.42. The first-order valence-electron chi connectivity index (χ1n) is 8.36. The maximum Gasteiger partial charge on any atom is 0.267 e. The fourth-order valence-corrected chi connectivity index (χ4v) is 2.63. The number of nitrogens with one attached hydrogen (secondary N) is 1. The molecule has 3 aromatic rings. The van der Waals surface area contributed by atoms with Gasteiger partial charge in [0, 0.05) is 63.1 Å². The van der Waals surface area contributed by atoms with Crippen molar-refractivity contribution >= 4 is 5.91 Å². The smallest absolute Gasteiger partial charge is 0.267 e. The summed E-state index contributed by atoms with van der Waals surface area (Å²) < 4.78 is 3.54. The first-order chi connectivity index (χ1) is 12.5. The van der Waals surface area contributed by atoms with Gasteiger partial charge < -0.3 is 14.8 Å². The van der Waals surface area contributed by atoms with Crippen molar-refractivity contribution in [3.05, 3.63) is 42.6 Å². The molecule has 8 heteroatoms. The minimum atomic E-state index is -0.0898. The molecule has 0 saturated carbocycles. The van der Waals surface area contributed by atoms with Crippen molar-refractivity contribution in [1.82, 2.24) is 34.5 Å². The van der Waals surface area contributed by atoms with E-state index < -0.39 is 0 Å². The first-order valence-corrected chi connectivity index (χ1v) is 8.36. The Bertz CT molecular complexity index is 893. The quantitative estimate of drug-likeness (QED) is 0.720. The predicted molar refractivity (Wildman–Crippen MR) is 99.5 cm³/mol. The van der Waals surface area contributed by atoms with E-state index in [9.17, 15) is 4.79 Å². The molecular weight excluding hydrogens is 330 g/mol. The van der Waals surface area contributed by atoms with Gasteiger partial charge in [0.05, 0.1) is 0 Å². The zero-order chi connectivity index (χ0) is 18.7. The molecule has 0 spiro atoms. The third kappa shape index (κ3) is 3.80. The molecule has 0 aliphatic heterocycles. The van der Waals surface area contributed by atoms with Gasteiger partial charge in [-0.1, -0.05) is 0 Å². The van der Waals surface area contributed by atoms with E-state index >= 15 is 0 Å². The van der Waals surface area contributed by atoms with Crippen molar-refractivity contribution in [3.63, 3.8) is 0 Å². The standard InChI is InChI=1S/C18H23N7O/c1-23(2)8-7-19-18(26)16-9-13(12-24(16)3)14-10-20-17(21-11-14)15-5-6-22-25(15)4/h5-6,9-12H,7-8H2,1-4H3,(H,19,26). The van der Waals surface area contributed by atoms with Gasteiger partial charge in [0.2, 0.25) is 0 Å². The summed E-state index contributed by atoms with van der Waals surface area (Å²) in [6, 6.07) is 3.72. The molecule has 3 heterocycles. The van der Waals surface area contributed by atoms with Crippen molar-refractivity contribution in [2.75, 3.05) is 27.2 Å². The Hall–Kier alpha value is -3.00. The van der Waals surface area contributed by atoms with E-state index in [1.54, 1.807) is 23.3 Å². The normalized spacial score (nSPS) is 11.1. The molecule has 0 radical (unpaired) electrons. The van der Waals surface area contributed by atoms with E-state index in [0.717, 1.165) is 23.4 Å². The van der Waals surface area contributed by atoms with Gasteiger partial charge in [0.15, 0.2) is 5.82 Å². The lowest BCUT2D eigenvalue weighted by Gasteiger charge is -2.10. The molecule has 0 atom stereocenters. The van der Waals surface area contributed by atoms with Gasteiger partial charge in [-0.15, -0.1) is 0 Å². The molecular formula is C18H23N7O. The minimum absolute atomic E-state index is 0.0898. The van der Waals surface area contributed by atoms with Crippen LogP contribution in [0.25, 0.3) is 22.6 Å². The van der Waals surface area contributed by atoms with Crippen LogP contribution < -0.4 is 5.32 Å². The fraction of sp³-hybridized carbons (Fsp3) is 0.333. The summed E-state index contributed by atoms with van der Waals surface area (Å²) in [6.45, 7) is 1.40. The van der Waals surface area contributed by atoms with Crippen molar-refractivity contribution < 1.29 is 4.79 Å². The summed E-state index contributed by atoms with van der Waals surface area (Å²) in [6.07, 6.45) is 7.14. The van der Waals surface area contributed by atoms with Crippen LogP contribution in [0.15, 0.2) is 36.9 Å². The third-order valence-electron chi connectivity index (χ3n) is 4.12. The molecule has 0 aliphatic rings. The molecule has 0 aromatic carbocycles. The molecule has 136 valence electrons. The topological polar surface area (TPSA) is 80.9 Å². The van der Waals surface area contributed by atoms with Crippen LogP contribution in [0.4, 0.5) is 0 Å². The lowest BCUT2D eigenvalue weighted by molar-refractivity contribution is 0.0943. The number of rotatable bonds is 6. The van der Waals surface area contributed by atoms with Gasteiger partial charge in [0.25, 0.3) is 5.91 Å². The molecule has 1 N–H and O–H groups in total. The molecule has 1 amide bonds. The average molecular weight is 353 g/mol. The Morgan fingerprint density at radius 1 is 1.19 bits per heavy atom. The van der Waals surface area contributed by atoms with Crippen LogP contribution in [0.1, 0.15) is 10.5 Å². The van der Waals surface area contributed by atoms with Crippen LogP contribution in [-0.4, -0.2) is 62.3 Å². The van der Waals surface area contributed by atoms with Crippen LogP contribution >= 0.6 is 0 Å². The number of hydrogen-bond acceptors (Lipinski definition) is 5. The molecule has 0 unspecified atom stereocenters. The lowest BCUT2D eigenvalue weighted by atomic mass is 10.2. The van der Waals surface area contributed by atoms with E-state index in [1.165, 1.54) is 0 Å². The highest BCUT2D eigenvalue weighted by Gasteiger charge is 2.13. The molecule has 3 rings (SSSR count). The minimum Gasteiger partial charge on any atom is -0.349 e. The van der Waals surface area contributed by atoms with Gasteiger partial charge in [-0.2, -0.15) is 5.10 Å². The number of carbonyl (C=O) groups excluding carboxylic acids is 1. The van der Waals surface area contributed by atoms with Crippen molar-refractivity contribution in [1.29, 1.82) is 0 Å². The Morgan fingerprint density at radius 3 is 2.54 bits per heavy atom. The fourth-order valence-electron chi connectivity index (χ4n) is 2.63. The zero-order valence-electron chi connectivity index (χ0n) is 15.5. The number of hydrogen-bond donors (Lipinski definition) is 1. The SMILES string of the molecule is CN(C)CCNC(=O)c1cc(-c2cnc(-c3ccnn3C)nc2)cn1C. The molecule has 0 aliphatic carbocycles. The van der Waals surface area contributed by atoms with Crippen molar-refractivity contribution in [2.45, 2.75) is 0 Å². The summed E-state index contributed by atoms with van der Waals surface area (Å²) >= 11 is 0. The Balaban J connectivity index is 1.76. The van der Waals surface area contributed by atoms with Crippen molar-refractivity contribution in [2.24, 2.45) is 14.1 Å². The average Bonchev–Trinajstić information content (AvgIpc) is 3.20. The number of carbonyl (C=O) groups is 1. The zero-order valence-corrected chi connectivity index (χ0v) is 15.5. The highest BCUT2D eigenvalue weighted by molar-refractivity contribution is 5.94. The van der Waals surface area contributed by atoms with Gasteiger partial charge in [-0.05, 0) is 26.2 Å². The number of likely N-dealkylation sites (N-methyl/N-ethyl adjacent to an activating group) is 1. The molecule has 0 fully saturated rings. The van der Waals surface area contributed by atoms with Gasteiger partial charge in [-0.3, -0.25) is 9.48 Å². The highest BCUT2D eigenvalue weighted by atomic mass is 16.1. The highest BCUT2D eigenvalue weighted by Crippen LogP contribution is 2.22. The molecule has 0 saturated heterocycles. The first kappa shape index (κ1) is 17.8. The van der Waals surface area contributed by atoms with Gasteiger partial charge in [-0.25, -0.2) is 9.97 Å². The molecule has 0 bridgehead atoms. The summed E-state index contributed by atoms with van der Waals surface area (Å²) in [4.78, 5) is 23.2. The molecule has 3 aromatic heterocycles. The van der Waals surface area contributed by atoms with Crippen LogP contribution in [0, 0.1) is 0 Å². The second kappa shape index (κ2) is 7.49. The lowest BCUT2D eigenvalue weighted by Crippen LogP contribution is -2.32. The number of nitrogens with zero attached hydrogens (tertiary/aromatic N) is 6. The Kier molecular flexibility index (Phi) is 5.13. The van der Waals surface area contributed by atoms with Gasteiger partial charge in [0.1, 0.15) is 11.4 Å². The van der Waals surface area contributed by atoms with Crippen molar-refractivity contribution in [3.8, 4) is 22.6 Å². The van der Waals surface area contributed by atoms with Crippen LogP contribution in [0.3, 0.4) is 0 Å². The summed E-state index contributed by atoms with van der Waals surface area (Å²) in [7, 11) is 7.66. The van der Waals surface area contributed by atoms with E-state index in [0.29, 0.717) is 18.1 Å².